The van der Waals surface area contributed by atoms with Gasteiger partial charge in [0.25, 0.3) is 0 Å². The summed E-state index contributed by atoms with van der Waals surface area (Å²) < 4.78 is 2.09. The SMILES string of the molecule is CC(=O)NCc1cc2n(n1)CCN(C1CCN(c3ccccc3)C1)C2. The summed E-state index contributed by atoms with van der Waals surface area (Å²) in [5, 5.41) is 7.44. The Kier molecular flexibility index (Phi) is 4.44. The Balaban J connectivity index is 1.38. The first-order valence-electron chi connectivity index (χ1n) is 9.03. The second-order valence-corrected chi connectivity index (χ2v) is 6.95. The molecule has 6 nitrogen and oxygen atoms in total. The number of carbonyl (C=O) groups is 1. The van der Waals surface area contributed by atoms with Gasteiger partial charge in [-0.15, -0.1) is 0 Å². The lowest BCUT2D eigenvalue weighted by Gasteiger charge is -2.32. The molecule has 1 amide bonds. The van der Waals surface area contributed by atoms with Crippen LogP contribution < -0.4 is 10.2 Å². The van der Waals surface area contributed by atoms with Gasteiger partial charge in [-0.05, 0) is 24.6 Å². The average molecular weight is 339 g/mol. The molecule has 1 fully saturated rings. The number of para-hydroxylation sites is 1. The predicted molar refractivity (Wildman–Crippen MR) is 97.2 cm³/mol. The van der Waals surface area contributed by atoms with E-state index in [1.807, 2.05) is 0 Å². The minimum Gasteiger partial charge on any atom is -0.370 e. The maximum Gasteiger partial charge on any atom is 0.217 e. The highest BCUT2D eigenvalue weighted by Crippen LogP contribution is 2.25. The molecule has 0 aliphatic carbocycles. The quantitative estimate of drug-likeness (QED) is 0.920. The maximum absolute atomic E-state index is 11.1. The molecule has 2 aromatic rings. The van der Waals surface area contributed by atoms with Crippen LogP contribution in [0.1, 0.15) is 24.7 Å². The molecule has 1 aromatic heterocycles. The topological polar surface area (TPSA) is 53.4 Å². The summed E-state index contributed by atoms with van der Waals surface area (Å²) in [4.78, 5) is 16.1. The summed E-state index contributed by atoms with van der Waals surface area (Å²) in [6.45, 7) is 7.19. The third-order valence-electron chi connectivity index (χ3n) is 5.20. The monoisotopic (exact) mass is 339 g/mol. The van der Waals surface area contributed by atoms with E-state index in [1.165, 1.54) is 24.7 Å². The first kappa shape index (κ1) is 16.1. The van der Waals surface area contributed by atoms with E-state index in [2.05, 4.69) is 61.3 Å². The van der Waals surface area contributed by atoms with Crippen LogP contribution in [-0.2, 0) is 24.4 Å². The van der Waals surface area contributed by atoms with Gasteiger partial charge in [0.05, 0.1) is 24.5 Å². The van der Waals surface area contributed by atoms with Crippen LogP contribution in [0.5, 0.6) is 0 Å². The van der Waals surface area contributed by atoms with E-state index in [0.29, 0.717) is 12.6 Å². The molecule has 25 heavy (non-hydrogen) atoms. The number of anilines is 1. The summed E-state index contributed by atoms with van der Waals surface area (Å²) in [5.74, 6) is -0.0143. The molecule has 132 valence electrons. The van der Waals surface area contributed by atoms with Crippen molar-refractivity contribution >= 4 is 11.6 Å². The largest absolute Gasteiger partial charge is 0.370 e. The van der Waals surface area contributed by atoms with E-state index >= 15 is 0 Å². The minimum atomic E-state index is -0.0143. The van der Waals surface area contributed by atoms with Crippen LogP contribution in [0.3, 0.4) is 0 Å². The summed E-state index contributed by atoms with van der Waals surface area (Å²) >= 11 is 0. The van der Waals surface area contributed by atoms with Gasteiger partial charge in [0.2, 0.25) is 5.91 Å². The van der Waals surface area contributed by atoms with E-state index in [9.17, 15) is 4.79 Å². The van der Waals surface area contributed by atoms with Crippen molar-refractivity contribution in [2.75, 3.05) is 24.5 Å². The minimum absolute atomic E-state index is 0.0143. The fourth-order valence-electron chi connectivity index (χ4n) is 3.87. The van der Waals surface area contributed by atoms with Gasteiger partial charge in [-0.1, -0.05) is 18.2 Å². The molecule has 4 rings (SSSR count). The van der Waals surface area contributed by atoms with Gasteiger partial charge in [0, 0.05) is 44.8 Å². The number of carbonyl (C=O) groups excluding carboxylic acids is 1. The number of hydrogen-bond donors (Lipinski definition) is 1. The Morgan fingerprint density at radius 2 is 2.08 bits per heavy atom. The average Bonchev–Trinajstić information content (AvgIpc) is 3.27. The number of hydrogen-bond acceptors (Lipinski definition) is 4. The third kappa shape index (κ3) is 3.54. The Hall–Kier alpha value is -2.34. The van der Waals surface area contributed by atoms with Crippen molar-refractivity contribution in [3.05, 3.63) is 47.8 Å². The molecule has 1 aromatic carbocycles. The van der Waals surface area contributed by atoms with Crippen molar-refractivity contribution in [3.8, 4) is 0 Å². The van der Waals surface area contributed by atoms with Crippen LogP contribution in [0.2, 0.25) is 0 Å². The van der Waals surface area contributed by atoms with E-state index < -0.39 is 0 Å². The third-order valence-corrected chi connectivity index (χ3v) is 5.20. The van der Waals surface area contributed by atoms with Crippen LogP contribution in [0.15, 0.2) is 36.4 Å². The second-order valence-electron chi connectivity index (χ2n) is 6.95. The van der Waals surface area contributed by atoms with Crippen molar-refractivity contribution in [2.45, 2.75) is 39.0 Å². The smallest absolute Gasteiger partial charge is 0.217 e. The molecule has 1 atom stereocenters. The van der Waals surface area contributed by atoms with Gasteiger partial charge in [0.1, 0.15) is 0 Å². The Morgan fingerprint density at radius 3 is 2.88 bits per heavy atom. The number of nitrogens with zero attached hydrogens (tertiary/aromatic N) is 4. The molecular weight excluding hydrogens is 314 g/mol. The normalized spacial score (nSPS) is 20.5. The number of nitrogens with one attached hydrogen (secondary N) is 1. The molecule has 1 saturated heterocycles. The van der Waals surface area contributed by atoms with E-state index in [1.54, 1.807) is 0 Å². The zero-order valence-corrected chi connectivity index (χ0v) is 14.7. The second kappa shape index (κ2) is 6.88. The lowest BCUT2D eigenvalue weighted by molar-refractivity contribution is -0.119. The van der Waals surface area contributed by atoms with Crippen LogP contribution >= 0.6 is 0 Å². The van der Waals surface area contributed by atoms with Crippen LogP contribution in [0.25, 0.3) is 0 Å². The summed E-state index contributed by atoms with van der Waals surface area (Å²) in [6, 6.07) is 13.4. The fourth-order valence-corrected chi connectivity index (χ4v) is 3.87. The fraction of sp³-hybridized carbons (Fsp3) is 0.474. The van der Waals surface area contributed by atoms with Crippen LogP contribution in [0.4, 0.5) is 5.69 Å². The van der Waals surface area contributed by atoms with Gasteiger partial charge in [-0.2, -0.15) is 5.10 Å². The molecule has 2 aliphatic rings. The summed E-state index contributed by atoms with van der Waals surface area (Å²) in [5.41, 5.74) is 3.53. The van der Waals surface area contributed by atoms with E-state index in [-0.39, 0.29) is 5.91 Å². The number of benzene rings is 1. The van der Waals surface area contributed by atoms with Crippen molar-refractivity contribution in [1.82, 2.24) is 20.0 Å². The Morgan fingerprint density at radius 1 is 1.24 bits per heavy atom. The zero-order chi connectivity index (χ0) is 17.2. The Bertz CT molecular complexity index is 742. The summed E-state index contributed by atoms with van der Waals surface area (Å²) in [6.07, 6.45) is 1.21. The first-order valence-corrected chi connectivity index (χ1v) is 9.03. The van der Waals surface area contributed by atoms with Crippen molar-refractivity contribution in [2.24, 2.45) is 0 Å². The van der Waals surface area contributed by atoms with Crippen LogP contribution in [0, 0.1) is 0 Å². The Labute approximate surface area is 148 Å². The van der Waals surface area contributed by atoms with E-state index in [0.717, 1.165) is 38.4 Å². The van der Waals surface area contributed by atoms with Crippen LogP contribution in [-0.4, -0.2) is 46.3 Å². The van der Waals surface area contributed by atoms with Crippen molar-refractivity contribution in [1.29, 1.82) is 0 Å². The van der Waals surface area contributed by atoms with Gasteiger partial charge in [-0.25, -0.2) is 0 Å². The summed E-state index contributed by atoms with van der Waals surface area (Å²) in [7, 11) is 0. The molecular formula is C19H25N5O. The molecule has 0 saturated carbocycles. The number of aromatic nitrogens is 2. The highest BCUT2D eigenvalue weighted by atomic mass is 16.1. The van der Waals surface area contributed by atoms with Gasteiger partial charge >= 0.3 is 0 Å². The first-order chi connectivity index (χ1) is 12.2. The molecule has 0 bridgehead atoms. The van der Waals surface area contributed by atoms with Crippen molar-refractivity contribution in [3.63, 3.8) is 0 Å². The maximum atomic E-state index is 11.1. The van der Waals surface area contributed by atoms with E-state index in [4.69, 9.17) is 0 Å². The number of amides is 1. The number of fused-ring (bicyclic) bond motifs is 1. The van der Waals surface area contributed by atoms with Gasteiger partial charge in [-0.3, -0.25) is 14.4 Å². The standard InChI is InChI=1S/C19H25N5O/c1-15(25)20-12-16-11-19-14-23(9-10-24(19)21-16)18-7-8-22(13-18)17-5-3-2-4-6-17/h2-6,11,18H,7-10,12-14H2,1H3,(H,20,25). The van der Waals surface area contributed by atoms with Gasteiger partial charge < -0.3 is 10.2 Å². The molecule has 0 spiro atoms. The number of rotatable bonds is 4. The zero-order valence-electron chi connectivity index (χ0n) is 14.7. The highest BCUT2D eigenvalue weighted by Gasteiger charge is 2.30. The predicted octanol–water partition coefficient (Wildman–Crippen LogP) is 1.61. The lowest BCUT2D eigenvalue weighted by atomic mass is 10.2. The molecule has 3 heterocycles. The highest BCUT2D eigenvalue weighted by molar-refractivity contribution is 5.72. The lowest BCUT2D eigenvalue weighted by Crippen LogP contribution is -2.42. The molecule has 1 unspecified atom stereocenters. The van der Waals surface area contributed by atoms with Gasteiger partial charge in [0.15, 0.2) is 0 Å². The molecule has 6 heteroatoms. The molecule has 1 N–H and O–H groups in total. The van der Waals surface area contributed by atoms with Crippen molar-refractivity contribution < 1.29 is 4.79 Å². The molecule has 0 radical (unpaired) electrons. The molecule has 2 aliphatic heterocycles.